The maximum absolute atomic E-state index is 12.4. The number of hydrogen-bond donors (Lipinski definition) is 2. The molecule has 0 radical (unpaired) electrons. The van der Waals surface area contributed by atoms with Gasteiger partial charge in [0.1, 0.15) is 5.75 Å². The quantitative estimate of drug-likeness (QED) is 0.810. The summed E-state index contributed by atoms with van der Waals surface area (Å²) in [6.45, 7) is 5.53. The van der Waals surface area contributed by atoms with E-state index in [1.54, 1.807) is 18.2 Å². The normalized spacial score (nSPS) is 17.5. The summed E-state index contributed by atoms with van der Waals surface area (Å²) < 4.78 is 5.30. The molecule has 2 heterocycles. The molecule has 2 aliphatic heterocycles. The lowest BCUT2D eigenvalue weighted by atomic mass is 9.92. The molecule has 140 valence electrons. The maximum atomic E-state index is 12.4. The first-order chi connectivity index (χ1) is 12.5. The molecule has 1 atom stereocenters. The Balaban J connectivity index is 1.49. The van der Waals surface area contributed by atoms with Crippen molar-refractivity contribution in [3.63, 3.8) is 0 Å². The average Bonchev–Trinajstić information content (AvgIpc) is 2.57. The van der Waals surface area contributed by atoms with E-state index in [1.165, 1.54) is 0 Å². The molecule has 1 saturated heterocycles. The highest BCUT2D eigenvalue weighted by Crippen LogP contribution is 2.28. The lowest BCUT2D eigenvalue weighted by Gasteiger charge is -2.40. The van der Waals surface area contributed by atoms with Crippen molar-refractivity contribution in [1.82, 2.24) is 10.2 Å². The van der Waals surface area contributed by atoms with Gasteiger partial charge in [0.15, 0.2) is 6.61 Å². The Kier molecular flexibility index (Phi) is 5.44. The second kappa shape index (κ2) is 7.76. The molecule has 3 rings (SSSR count). The standard InChI is InChI=1S/C19H25N3O4/c1-3-4-18(24)22-9-13(10-22)7-12(2)20-19(25)14-5-6-16-15(8-14)21-17(23)11-26-16/h5-6,8,12-13H,3-4,7,9-11H2,1-2H3,(H,20,25)(H,21,23). The molecular weight excluding hydrogens is 334 g/mol. The minimum absolute atomic E-state index is 0.00522. The first-order valence-corrected chi connectivity index (χ1v) is 9.11. The van der Waals surface area contributed by atoms with Crippen molar-refractivity contribution in [2.24, 2.45) is 5.92 Å². The molecule has 1 fully saturated rings. The maximum Gasteiger partial charge on any atom is 0.262 e. The van der Waals surface area contributed by atoms with E-state index >= 15 is 0 Å². The molecule has 7 heteroatoms. The average molecular weight is 359 g/mol. The van der Waals surface area contributed by atoms with Gasteiger partial charge < -0.3 is 20.3 Å². The van der Waals surface area contributed by atoms with E-state index in [2.05, 4.69) is 10.6 Å². The molecule has 0 spiro atoms. The summed E-state index contributed by atoms with van der Waals surface area (Å²) in [5, 5.41) is 5.69. The zero-order chi connectivity index (χ0) is 18.7. The van der Waals surface area contributed by atoms with Crippen LogP contribution in [0.1, 0.15) is 43.5 Å². The number of benzene rings is 1. The van der Waals surface area contributed by atoms with E-state index in [1.807, 2.05) is 18.7 Å². The van der Waals surface area contributed by atoms with Crippen molar-refractivity contribution in [2.45, 2.75) is 39.2 Å². The molecule has 0 aliphatic carbocycles. The Bertz CT molecular complexity index is 713. The third-order valence-corrected chi connectivity index (χ3v) is 4.71. The summed E-state index contributed by atoms with van der Waals surface area (Å²) in [5.74, 6) is 0.815. The van der Waals surface area contributed by atoms with Gasteiger partial charge in [-0.1, -0.05) is 6.92 Å². The fourth-order valence-electron chi connectivity index (χ4n) is 3.38. The fourth-order valence-corrected chi connectivity index (χ4v) is 3.38. The van der Waals surface area contributed by atoms with Crippen LogP contribution in [0.15, 0.2) is 18.2 Å². The van der Waals surface area contributed by atoms with Crippen molar-refractivity contribution < 1.29 is 19.1 Å². The highest BCUT2D eigenvalue weighted by Gasteiger charge is 2.31. The van der Waals surface area contributed by atoms with Crippen LogP contribution < -0.4 is 15.4 Å². The van der Waals surface area contributed by atoms with E-state index in [9.17, 15) is 14.4 Å². The minimum Gasteiger partial charge on any atom is -0.482 e. The zero-order valence-electron chi connectivity index (χ0n) is 15.2. The molecular formula is C19H25N3O4. The van der Waals surface area contributed by atoms with Crippen molar-refractivity contribution in [2.75, 3.05) is 25.0 Å². The van der Waals surface area contributed by atoms with Crippen LogP contribution in [0.4, 0.5) is 5.69 Å². The summed E-state index contributed by atoms with van der Waals surface area (Å²) in [6, 6.07) is 5.02. The van der Waals surface area contributed by atoms with Gasteiger partial charge in [-0.2, -0.15) is 0 Å². The van der Waals surface area contributed by atoms with Crippen molar-refractivity contribution >= 4 is 23.4 Å². The number of hydrogen-bond acceptors (Lipinski definition) is 4. The summed E-state index contributed by atoms with van der Waals surface area (Å²) in [6.07, 6.45) is 2.32. The van der Waals surface area contributed by atoms with Crippen LogP contribution in [0.2, 0.25) is 0 Å². The van der Waals surface area contributed by atoms with Crippen LogP contribution in [-0.4, -0.2) is 48.4 Å². The van der Waals surface area contributed by atoms with Gasteiger partial charge in [-0.3, -0.25) is 14.4 Å². The van der Waals surface area contributed by atoms with Gasteiger partial charge in [-0.25, -0.2) is 0 Å². The number of fused-ring (bicyclic) bond motifs is 1. The Morgan fingerprint density at radius 3 is 2.88 bits per heavy atom. The number of carbonyl (C=O) groups excluding carboxylic acids is 3. The fraction of sp³-hybridized carbons (Fsp3) is 0.526. The van der Waals surface area contributed by atoms with Gasteiger partial charge in [0, 0.05) is 31.1 Å². The predicted molar refractivity (Wildman–Crippen MR) is 97.1 cm³/mol. The van der Waals surface area contributed by atoms with Crippen LogP contribution in [-0.2, 0) is 9.59 Å². The second-order valence-electron chi connectivity index (χ2n) is 7.07. The highest BCUT2D eigenvalue weighted by molar-refractivity contribution is 5.99. The van der Waals surface area contributed by atoms with E-state index in [0.29, 0.717) is 29.3 Å². The lowest BCUT2D eigenvalue weighted by Crippen LogP contribution is -2.51. The number of likely N-dealkylation sites (tertiary alicyclic amines) is 1. The van der Waals surface area contributed by atoms with Crippen LogP contribution >= 0.6 is 0 Å². The Morgan fingerprint density at radius 2 is 2.15 bits per heavy atom. The molecule has 3 amide bonds. The van der Waals surface area contributed by atoms with Crippen LogP contribution in [0.5, 0.6) is 5.75 Å². The largest absolute Gasteiger partial charge is 0.482 e. The Labute approximate surface area is 153 Å². The number of carbonyl (C=O) groups is 3. The molecule has 26 heavy (non-hydrogen) atoms. The SMILES string of the molecule is CCCC(=O)N1CC(CC(C)NC(=O)c2ccc3c(c2)NC(=O)CO3)C1. The summed E-state index contributed by atoms with van der Waals surface area (Å²) >= 11 is 0. The van der Waals surface area contributed by atoms with Gasteiger partial charge in [0.05, 0.1) is 5.69 Å². The number of anilines is 1. The smallest absolute Gasteiger partial charge is 0.262 e. The summed E-state index contributed by atoms with van der Waals surface area (Å²) in [5.41, 5.74) is 1.00. The lowest BCUT2D eigenvalue weighted by molar-refractivity contribution is -0.137. The van der Waals surface area contributed by atoms with Gasteiger partial charge in [0.25, 0.3) is 11.8 Å². The van der Waals surface area contributed by atoms with Crippen LogP contribution in [0.3, 0.4) is 0 Å². The molecule has 0 saturated carbocycles. The van der Waals surface area contributed by atoms with Gasteiger partial charge in [0.2, 0.25) is 5.91 Å². The Hall–Kier alpha value is -2.57. The molecule has 1 aromatic rings. The van der Waals surface area contributed by atoms with Gasteiger partial charge in [-0.05, 0) is 43.9 Å². The van der Waals surface area contributed by atoms with E-state index in [-0.39, 0.29) is 30.4 Å². The van der Waals surface area contributed by atoms with Crippen molar-refractivity contribution in [3.8, 4) is 5.75 Å². The van der Waals surface area contributed by atoms with Crippen LogP contribution in [0, 0.1) is 5.92 Å². The summed E-state index contributed by atoms with van der Waals surface area (Å²) in [7, 11) is 0. The third kappa shape index (κ3) is 4.15. The van der Waals surface area contributed by atoms with E-state index in [0.717, 1.165) is 25.9 Å². The van der Waals surface area contributed by atoms with Crippen LogP contribution in [0.25, 0.3) is 0 Å². The first kappa shape index (κ1) is 18.2. The molecule has 0 bridgehead atoms. The minimum atomic E-state index is -0.226. The van der Waals surface area contributed by atoms with Crippen molar-refractivity contribution in [3.05, 3.63) is 23.8 Å². The number of nitrogens with one attached hydrogen (secondary N) is 2. The van der Waals surface area contributed by atoms with E-state index in [4.69, 9.17) is 4.74 Å². The molecule has 1 aromatic carbocycles. The molecule has 0 aromatic heterocycles. The monoisotopic (exact) mass is 359 g/mol. The highest BCUT2D eigenvalue weighted by atomic mass is 16.5. The van der Waals surface area contributed by atoms with Gasteiger partial charge in [-0.15, -0.1) is 0 Å². The number of rotatable bonds is 6. The third-order valence-electron chi connectivity index (χ3n) is 4.71. The molecule has 1 unspecified atom stereocenters. The molecule has 2 N–H and O–H groups in total. The first-order valence-electron chi connectivity index (χ1n) is 9.11. The number of nitrogens with zero attached hydrogens (tertiary/aromatic N) is 1. The number of amides is 3. The topological polar surface area (TPSA) is 87.7 Å². The van der Waals surface area contributed by atoms with Gasteiger partial charge >= 0.3 is 0 Å². The van der Waals surface area contributed by atoms with Crippen molar-refractivity contribution in [1.29, 1.82) is 0 Å². The molecule has 2 aliphatic rings. The predicted octanol–water partition coefficient (Wildman–Crippen LogP) is 1.78. The second-order valence-corrected chi connectivity index (χ2v) is 7.07. The number of ether oxygens (including phenoxy) is 1. The zero-order valence-corrected chi connectivity index (χ0v) is 15.2. The molecule has 7 nitrogen and oxygen atoms in total. The summed E-state index contributed by atoms with van der Waals surface area (Å²) in [4.78, 5) is 37.5. The Morgan fingerprint density at radius 1 is 1.38 bits per heavy atom. The van der Waals surface area contributed by atoms with E-state index < -0.39 is 0 Å².